The van der Waals surface area contributed by atoms with Crippen LogP contribution in [0.4, 0.5) is 5.69 Å². The molecule has 1 aliphatic rings. The number of halogens is 1. The van der Waals surface area contributed by atoms with Crippen LogP contribution in [0.25, 0.3) is 16.9 Å². The van der Waals surface area contributed by atoms with E-state index in [2.05, 4.69) is 21.6 Å². The lowest BCUT2D eigenvalue weighted by atomic mass is 10.1. The summed E-state index contributed by atoms with van der Waals surface area (Å²) in [5.74, 6) is 0.847. The lowest BCUT2D eigenvalue weighted by molar-refractivity contribution is 0.0746. The third kappa shape index (κ3) is 4.59. The fraction of sp³-hybridized carbons (Fsp3) is 0.233. The Labute approximate surface area is 217 Å². The number of hydrogen-bond donors (Lipinski definition) is 0. The zero-order valence-corrected chi connectivity index (χ0v) is 21.4. The van der Waals surface area contributed by atoms with Crippen molar-refractivity contribution in [1.29, 1.82) is 0 Å². The van der Waals surface area contributed by atoms with E-state index in [1.165, 1.54) is 0 Å². The van der Waals surface area contributed by atoms with E-state index >= 15 is 0 Å². The molecule has 1 aliphatic heterocycles. The van der Waals surface area contributed by atoms with Crippen LogP contribution in [0.3, 0.4) is 0 Å². The van der Waals surface area contributed by atoms with E-state index in [1.807, 2.05) is 91.5 Å². The molecule has 0 N–H and O–H groups in total. The number of rotatable bonds is 6. The Kier molecular flexibility index (Phi) is 7.01. The van der Waals surface area contributed by atoms with Crippen LogP contribution in [0.15, 0.2) is 84.9 Å². The maximum Gasteiger partial charge on any atom is 0.255 e. The minimum Gasteiger partial charge on any atom is -0.492 e. The molecule has 0 aliphatic carbocycles. The summed E-state index contributed by atoms with van der Waals surface area (Å²) in [6, 6.07) is 28.1. The van der Waals surface area contributed by atoms with Gasteiger partial charge in [0.1, 0.15) is 5.75 Å². The number of anilines is 1. The van der Waals surface area contributed by atoms with E-state index in [1.54, 1.807) is 0 Å². The molecule has 184 valence electrons. The van der Waals surface area contributed by atoms with E-state index in [-0.39, 0.29) is 5.91 Å². The first kappa shape index (κ1) is 24.0. The van der Waals surface area contributed by atoms with Gasteiger partial charge in [-0.3, -0.25) is 4.79 Å². The van der Waals surface area contributed by atoms with Crippen LogP contribution < -0.4 is 9.64 Å². The highest BCUT2D eigenvalue weighted by molar-refractivity contribution is 6.33. The third-order valence-corrected chi connectivity index (χ3v) is 7.03. The summed E-state index contributed by atoms with van der Waals surface area (Å²) in [6.45, 7) is 7.34. The molecule has 5 rings (SSSR count). The number of para-hydroxylation sites is 3. The maximum atomic E-state index is 13.8. The SMILES string of the molecule is CCOc1ccccc1-n1c(-c2ccccc2)cc(C(=O)N2CCN(c3ccccc3Cl)CC2)c1C. The molecule has 3 aromatic carbocycles. The molecule has 4 aromatic rings. The summed E-state index contributed by atoms with van der Waals surface area (Å²) in [5.41, 5.74) is 5.59. The fourth-order valence-corrected chi connectivity index (χ4v) is 5.16. The van der Waals surface area contributed by atoms with E-state index in [9.17, 15) is 4.79 Å². The van der Waals surface area contributed by atoms with Crippen molar-refractivity contribution in [2.24, 2.45) is 0 Å². The molecule has 36 heavy (non-hydrogen) atoms. The molecular formula is C30H30ClN3O2. The average molecular weight is 500 g/mol. The van der Waals surface area contributed by atoms with Crippen LogP contribution in [0.1, 0.15) is 23.0 Å². The molecule has 2 heterocycles. The summed E-state index contributed by atoms with van der Waals surface area (Å²) >= 11 is 6.41. The number of nitrogens with zero attached hydrogens (tertiary/aromatic N) is 3. The summed E-state index contributed by atoms with van der Waals surface area (Å²) in [4.78, 5) is 18.0. The number of piperazine rings is 1. The molecule has 1 amide bonds. The fourth-order valence-electron chi connectivity index (χ4n) is 4.90. The molecule has 0 spiro atoms. The van der Waals surface area contributed by atoms with Crippen molar-refractivity contribution >= 4 is 23.2 Å². The van der Waals surface area contributed by atoms with Crippen LogP contribution in [0, 0.1) is 6.92 Å². The van der Waals surface area contributed by atoms with Crippen molar-refractivity contribution in [2.75, 3.05) is 37.7 Å². The molecule has 0 unspecified atom stereocenters. The number of hydrogen-bond acceptors (Lipinski definition) is 3. The Morgan fingerprint density at radius 2 is 1.50 bits per heavy atom. The topological polar surface area (TPSA) is 37.7 Å². The molecule has 0 saturated carbocycles. The lowest BCUT2D eigenvalue weighted by Gasteiger charge is -2.36. The number of ether oxygens (including phenoxy) is 1. The highest BCUT2D eigenvalue weighted by Gasteiger charge is 2.27. The number of aromatic nitrogens is 1. The van der Waals surface area contributed by atoms with Gasteiger partial charge in [0.05, 0.1) is 34.3 Å². The Balaban J connectivity index is 1.49. The Hall–Kier alpha value is -3.70. The number of carbonyl (C=O) groups is 1. The summed E-state index contributed by atoms with van der Waals surface area (Å²) in [5, 5.41) is 0.741. The molecule has 0 atom stereocenters. The van der Waals surface area contributed by atoms with Gasteiger partial charge in [0.15, 0.2) is 0 Å². The summed E-state index contributed by atoms with van der Waals surface area (Å²) in [6.07, 6.45) is 0. The van der Waals surface area contributed by atoms with Crippen LogP contribution in [0.2, 0.25) is 5.02 Å². The lowest BCUT2D eigenvalue weighted by Crippen LogP contribution is -2.49. The number of benzene rings is 3. The van der Waals surface area contributed by atoms with Gasteiger partial charge in [-0.2, -0.15) is 0 Å². The highest BCUT2D eigenvalue weighted by Crippen LogP contribution is 2.34. The smallest absolute Gasteiger partial charge is 0.255 e. The molecule has 1 aromatic heterocycles. The van der Waals surface area contributed by atoms with Crippen LogP contribution in [-0.4, -0.2) is 48.2 Å². The Bertz CT molecular complexity index is 1360. The van der Waals surface area contributed by atoms with Crippen molar-refractivity contribution < 1.29 is 9.53 Å². The van der Waals surface area contributed by atoms with Gasteiger partial charge in [-0.25, -0.2) is 0 Å². The van der Waals surface area contributed by atoms with Crippen molar-refractivity contribution in [3.05, 3.63) is 101 Å². The number of amides is 1. The Morgan fingerprint density at radius 3 is 2.19 bits per heavy atom. The predicted octanol–water partition coefficient (Wildman–Crippen LogP) is 6.47. The van der Waals surface area contributed by atoms with Crippen LogP contribution in [0.5, 0.6) is 5.75 Å². The summed E-state index contributed by atoms with van der Waals surface area (Å²) in [7, 11) is 0. The second kappa shape index (κ2) is 10.5. The highest BCUT2D eigenvalue weighted by atomic mass is 35.5. The van der Waals surface area contributed by atoms with Gasteiger partial charge >= 0.3 is 0 Å². The van der Waals surface area contributed by atoms with E-state index in [0.29, 0.717) is 25.3 Å². The quantitative estimate of drug-likeness (QED) is 0.305. The largest absolute Gasteiger partial charge is 0.492 e. The first-order chi connectivity index (χ1) is 17.6. The van der Waals surface area contributed by atoms with E-state index < -0.39 is 0 Å². The monoisotopic (exact) mass is 499 g/mol. The van der Waals surface area contributed by atoms with Gasteiger partial charge in [0, 0.05) is 31.9 Å². The maximum absolute atomic E-state index is 13.8. The van der Waals surface area contributed by atoms with Gasteiger partial charge in [-0.15, -0.1) is 0 Å². The minimum absolute atomic E-state index is 0.0520. The van der Waals surface area contributed by atoms with Crippen molar-refractivity contribution in [2.45, 2.75) is 13.8 Å². The minimum atomic E-state index is 0.0520. The average Bonchev–Trinajstić information content (AvgIpc) is 3.26. The third-order valence-electron chi connectivity index (χ3n) is 6.71. The predicted molar refractivity (Wildman–Crippen MR) is 147 cm³/mol. The zero-order valence-electron chi connectivity index (χ0n) is 20.7. The molecular weight excluding hydrogens is 470 g/mol. The van der Waals surface area contributed by atoms with Gasteiger partial charge in [-0.1, -0.05) is 66.2 Å². The van der Waals surface area contributed by atoms with Gasteiger partial charge in [0.25, 0.3) is 5.91 Å². The molecule has 0 radical (unpaired) electrons. The summed E-state index contributed by atoms with van der Waals surface area (Å²) < 4.78 is 8.10. The van der Waals surface area contributed by atoms with Crippen LogP contribution >= 0.6 is 11.6 Å². The Morgan fingerprint density at radius 1 is 0.861 bits per heavy atom. The van der Waals surface area contributed by atoms with E-state index in [4.69, 9.17) is 16.3 Å². The molecule has 0 bridgehead atoms. The molecule has 1 fully saturated rings. The van der Waals surface area contributed by atoms with Crippen molar-refractivity contribution in [3.8, 4) is 22.7 Å². The van der Waals surface area contributed by atoms with E-state index in [0.717, 1.165) is 52.2 Å². The van der Waals surface area contributed by atoms with Crippen LogP contribution in [-0.2, 0) is 0 Å². The molecule has 6 heteroatoms. The second-order valence-electron chi connectivity index (χ2n) is 8.86. The molecule has 5 nitrogen and oxygen atoms in total. The van der Waals surface area contributed by atoms with Crippen molar-refractivity contribution in [1.82, 2.24) is 9.47 Å². The van der Waals surface area contributed by atoms with Gasteiger partial charge < -0.3 is 19.1 Å². The number of carbonyl (C=O) groups excluding carboxylic acids is 1. The zero-order chi connectivity index (χ0) is 25.1. The normalized spacial score (nSPS) is 13.6. The molecule has 1 saturated heterocycles. The van der Waals surface area contributed by atoms with Crippen molar-refractivity contribution in [3.63, 3.8) is 0 Å². The first-order valence-corrected chi connectivity index (χ1v) is 12.7. The van der Waals surface area contributed by atoms with Gasteiger partial charge in [0.2, 0.25) is 0 Å². The standard InChI is InChI=1S/C30H30ClN3O2/c1-3-36-29-16-10-9-15-27(29)34-22(2)24(21-28(34)23-11-5-4-6-12-23)30(35)33-19-17-32(18-20-33)26-14-8-7-13-25(26)31/h4-16,21H,3,17-20H2,1-2H3. The second-order valence-corrected chi connectivity index (χ2v) is 9.27. The first-order valence-electron chi connectivity index (χ1n) is 12.4. The van der Waals surface area contributed by atoms with Gasteiger partial charge in [-0.05, 0) is 49.7 Å².